The standard InChI is InChI=1S/C15H23N3O2/c1-10-8-18(9-11(2)20-10)12(3)15(19)17-14-7-5-4-6-13(14)16/h4-7,10-12H,8-9,16H2,1-3H3,(H,17,19). The first-order chi connectivity index (χ1) is 9.47. The molecule has 110 valence electrons. The van der Waals surface area contributed by atoms with Gasteiger partial charge in [0.1, 0.15) is 0 Å². The molecule has 1 aromatic rings. The summed E-state index contributed by atoms with van der Waals surface area (Å²) in [5.74, 6) is -0.0378. The van der Waals surface area contributed by atoms with Crippen molar-refractivity contribution in [3.8, 4) is 0 Å². The maximum atomic E-state index is 12.3. The van der Waals surface area contributed by atoms with Crippen LogP contribution in [0, 0.1) is 0 Å². The summed E-state index contributed by atoms with van der Waals surface area (Å²) < 4.78 is 5.69. The van der Waals surface area contributed by atoms with Crippen LogP contribution in [0.15, 0.2) is 24.3 Å². The van der Waals surface area contributed by atoms with Crippen LogP contribution in [0.3, 0.4) is 0 Å². The number of para-hydroxylation sites is 2. The Morgan fingerprint density at radius 3 is 2.55 bits per heavy atom. The predicted octanol–water partition coefficient (Wildman–Crippen LogP) is 1.70. The first kappa shape index (κ1) is 14.8. The van der Waals surface area contributed by atoms with Gasteiger partial charge in [-0.15, -0.1) is 0 Å². The molecule has 3 unspecified atom stereocenters. The van der Waals surface area contributed by atoms with Gasteiger partial charge < -0.3 is 15.8 Å². The van der Waals surface area contributed by atoms with Crippen LogP contribution in [0.25, 0.3) is 0 Å². The summed E-state index contributed by atoms with van der Waals surface area (Å²) >= 11 is 0. The van der Waals surface area contributed by atoms with Crippen LogP contribution in [0.2, 0.25) is 0 Å². The minimum atomic E-state index is -0.205. The lowest BCUT2D eigenvalue weighted by Crippen LogP contribution is -2.52. The van der Waals surface area contributed by atoms with Crippen molar-refractivity contribution in [2.24, 2.45) is 0 Å². The number of rotatable bonds is 3. The third-order valence-corrected chi connectivity index (χ3v) is 3.59. The summed E-state index contributed by atoms with van der Waals surface area (Å²) in [6.07, 6.45) is 0.298. The lowest BCUT2D eigenvalue weighted by molar-refractivity contribution is -0.126. The number of nitrogens with two attached hydrogens (primary N) is 1. The van der Waals surface area contributed by atoms with E-state index in [1.54, 1.807) is 6.07 Å². The molecule has 5 nitrogen and oxygen atoms in total. The maximum absolute atomic E-state index is 12.3. The molecule has 20 heavy (non-hydrogen) atoms. The van der Waals surface area contributed by atoms with Crippen molar-refractivity contribution in [1.29, 1.82) is 0 Å². The van der Waals surface area contributed by atoms with Gasteiger partial charge in [-0.05, 0) is 32.9 Å². The predicted molar refractivity (Wildman–Crippen MR) is 80.5 cm³/mol. The van der Waals surface area contributed by atoms with Gasteiger partial charge in [0.25, 0.3) is 0 Å². The summed E-state index contributed by atoms with van der Waals surface area (Å²) in [5.41, 5.74) is 7.09. The lowest BCUT2D eigenvalue weighted by atomic mass is 10.1. The molecule has 2 rings (SSSR count). The zero-order valence-corrected chi connectivity index (χ0v) is 12.3. The van der Waals surface area contributed by atoms with Crippen LogP contribution in [0.4, 0.5) is 11.4 Å². The van der Waals surface area contributed by atoms with Gasteiger partial charge in [0.05, 0.1) is 29.6 Å². The van der Waals surface area contributed by atoms with Crippen molar-refractivity contribution in [3.05, 3.63) is 24.3 Å². The summed E-state index contributed by atoms with van der Waals surface area (Å²) in [7, 11) is 0. The fourth-order valence-electron chi connectivity index (χ4n) is 2.55. The number of carbonyl (C=O) groups excluding carboxylic acids is 1. The second-order valence-corrected chi connectivity index (χ2v) is 5.46. The fourth-order valence-corrected chi connectivity index (χ4v) is 2.55. The molecule has 0 bridgehead atoms. The van der Waals surface area contributed by atoms with Crippen LogP contribution in [-0.2, 0) is 9.53 Å². The summed E-state index contributed by atoms with van der Waals surface area (Å²) in [6.45, 7) is 7.51. The maximum Gasteiger partial charge on any atom is 0.241 e. The van der Waals surface area contributed by atoms with Gasteiger partial charge in [-0.25, -0.2) is 0 Å². The molecule has 1 aliphatic rings. The highest BCUT2D eigenvalue weighted by molar-refractivity contribution is 5.97. The molecule has 1 amide bonds. The topological polar surface area (TPSA) is 67.6 Å². The quantitative estimate of drug-likeness (QED) is 0.825. The molecule has 1 saturated heterocycles. The Morgan fingerprint density at radius 2 is 1.95 bits per heavy atom. The van der Waals surface area contributed by atoms with Gasteiger partial charge in [-0.1, -0.05) is 12.1 Å². The van der Waals surface area contributed by atoms with Gasteiger partial charge in [-0.3, -0.25) is 9.69 Å². The SMILES string of the molecule is CC1CN(C(C)C(=O)Nc2ccccc2N)CC(C)O1. The lowest BCUT2D eigenvalue weighted by Gasteiger charge is -2.38. The van der Waals surface area contributed by atoms with Gasteiger partial charge in [0.2, 0.25) is 5.91 Å². The Morgan fingerprint density at radius 1 is 1.35 bits per heavy atom. The summed E-state index contributed by atoms with van der Waals surface area (Å²) in [4.78, 5) is 14.5. The Labute approximate surface area is 120 Å². The van der Waals surface area contributed by atoms with Gasteiger partial charge in [-0.2, -0.15) is 0 Å². The highest BCUT2D eigenvalue weighted by atomic mass is 16.5. The van der Waals surface area contributed by atoms with Crippen molar-refractivity contribution in [2.75, 3.05) is 24.1 Å². The van der Waals surface area contributed by atoms with Crippen molar-refractivity contribution < 1.29 is 9.53 Å². The number of nitrogens with one attached hydrogen (secondary N) is 1. The normalized spacial score (nSPS) is 25.1. The number of hydrogen-bond donors (Lipinski definition) is 2. The largest absolute Gasteiger partial charge is 0.397 e. The zero-order valence-electron chi connectivity index (χ0n) is 12.3. The Bertz CT molecular complexity index is 468. The summed E-state index contributed by atoms with van der Waals surface area (Å²) in [6, 6.07) is 7.09. The van der Waals surface area contributed by atoms with Crippen LogP contribution >= 0.6 is 0 Å². The number of morpholine rings is 1. The second-order valence-electron chi connectivity index (χ2n) is 5.46. The average Bonchev–Trinajstić information content (AvgIpc) is 2.39. The number of nitrogen functional groups attached to an aromatic ring is 1. The Kier molecular flexibility index (Phi) is 4.62. The molecule has 1 aromatic carbocycles. The van der Waals surface area contributed by atoms with Gasteiger partial charge >= 0.3 is 0 Å². The van der Waals surface area contributed by atoms with E-state index in [-0.39, 0.29) is 24.2 Å². The van der Waals surface area contributed by atoms with E-state index in [0.29, 0.717) is 11.4 Å². The molecule has 3 atom stereocenters. The highest BCUT2D eigenvalue weighted by Gasteiger charge is 2.29. The third-order valence-electron chi connectivity index (χ3n) is 3.59. The molecule has 3 N–H and O–H groups in total. The number of anilines is 2. The number of nitrogens with zero attached hydrogens (tertiary/aromatic N) is 1. The molecule has 1 heterocycles. The van der Waals surface area contributed by atoms with Crippen LogP contribution in [-0.4, -0.2) is 42.1 Å². The van der Waals surface area contributed by atoms with Crippen molar-refractivity contribution >= 4 is 17.3 Å². The summed E-state index contributed by atoms with van der Waals surface area (Å²) in [5, 5.41) is 2.89. The van der Waals surface area contributed by atoms with E-state index in [1.807, 2.05) is 39.0 Å². The number of ether oxygens (including phenoxy) is 1. The Hall–Kier alpha value is -1.59. The zero-order chi connectivity index (χ0) is 14.7. The molecule has 0 saturated carbocycles. The minimum Gasteiger partial charge on any atom is -0.397 e. The van der Waals surface area contributed by atoms with Gasteiger partial charge in [0, 0.05) is 13.1 Å². The first-order valence-corrected chi connectivity index (χ1v) is 7.02. The van der Waals surface area contributed by atoms with Crippen molar-refractivity contribution in [2.45, 2.75) is 39.0 Å². The minimum absolute atomic E-state index is 0.0378. The van der Waals surface area contributed by atoms with Crippen LogP contribution in [0.1, 0.15) is 20.8 Å². The van der Waals surface area contributed by atoms with E-state index in [9.17, 15) is 4.79 Å². The molecule has 0 aromatic heterocycles. The number of benzene rings is 1. The van der Waals surface area contributed by atoms with E-state index in [2.05, 4.69) is 10.2 Å². The molecule has 1 fully saturated rings. The van der Waals surface area contributed by atoms with Crippen LogP contribution in [0.5, 0.6) is 0 Å². The fraction of sp³-hybridized carbons (Fsp3) is 0.533. The smallest absolute Gasteiger partial charge is 0.241 e. The number of hydrogen-bond acceptors (Lipinski definition) is 4. The monoisotopic (exact) mass is 277 g/mol. The molecule has 0 spiro atoms. The van der Waals surface area contributed by atoms with E-state index in [4.69, 9.17) is 10.5 Å². The average molecular weight is 277 g/mol. The Balaban J connectivity index is 2.00. The molecule has 1 aliphatic heterocycles. The van der Waals surface area contributed by atoms with Crippen molar-refractivity contribution in [3.63, 3.8) is 0 Å². The second kappa shape index (κ2) is 6.24. The molecule has 0 radical (unpaired) electrons. The van der Waals surface area contributed by atoms with E-state index < -0.39 is 0 Å². The molecule has 0 aliphatic carbocycles. The van der Waals surface area contributed by atoms with Crippen molar-refractivity contribution in [1.82, 2.24) is 4.90 Å². The number of amides is 1. The van der Waals surface area contributed by atoms with E-state index in [0.717, 1.165) is 13.1 Å². The van der Waals surface area contributed by atoms with Crippen LogP contribution < -0.4 is 11.1 Å². The van der Waals surface area contributed by atoms with E-state index in [1.165, 1.54) is 0 Å². The third kappa shape index (κ3) is 3.49. The van der Waals surface area contributed by atoms with E-state index >= 15 is 0 Å². The van der Waals surface area contributed by atoms with Gasteiger partial charge in [0.15, 0.2) is 0 Å². The highest BCUT2D eigenvalue weighted by Crippen LogP contribution is 2.19. The molecular formula is C15H23N3O2. The number of carbonyl (C=O) groups is 1. The molecular weight excluding hydrogens is 254 g/mol. The first-order valence-electron chi connectivity index (χ1n) is 7.02. The molecule has 5 heteroatoms.